The molecule has 3 atom stereocenters. The van der Waals surface area contributed by atoms with Crippen LogP contribution in [0, 0.1) is 0 Å². The van der Waals surface area contributed by atoms with Crippen LogP contribution in [0.2, 0.25) is 0 Å². The van der Waals surface area contributed by atoms with Crippen LogP contribution >= 0.6 is 11.6 Å². The Kier molecular flexibility index (Phi) is 5.68. The van der Waals surface area contributed by atoms with Crippen LogP contribution in [0.1, 0.15) is 37.3 Å². The summed E-state index contributed by atoms with van der Waals surface area (Å²) in [4.78, 5) is 6.57. The summed E-state index contributed by atoms with van der Waals surface area (Å²) in [6.07, 6.45) is 10.5. The van der Waals surface area contributed by atoms with Crippen molar-refractivity contribution in [2.75, 3.05) is 13.1 Å². The van der Waals surface area contributed by atoms with Crippen LogP contribution in [0.15, 0.2) is 47.8 Å². The number of halogens is 2. The van der Waals surface area contributed by atoms with Gasteiger partial charge in [-0.05, 0) is 31.1 Å². The summed E-state index contributed by atoms with van der Waals surface area (Å²) in [5.41, 5.74) is 0.997. The maximum Gasteiger partial charge on any atom is 0.152 e. The monoisotopic (exact) mass is 335 g/mol. The van der Waals surface area contributed by atoms with Crippen LogP contribution in [0.3, 0.4) is 0 Å². The lowest BCUT2D eigenvalue weighted by molar-refractivity contribution is 0.294. The molecule has 1 fully saturated rings. The van der Waals surface area contributed by atoms with Crippen LogP contribution in [-0.4, -0.2) is 35.3 Å². The van der Waals surface area contributed by atoms with Crippen molar-refractivity contribution >= 4 is 11.6 Å². The highest BCUT2D eigenvalue weighted by atomic mass is 35.5. The number of unbranched alkanes of at least 4 members (excludes halogenated alkanes) is 1. The van der Waals surface area contributed by atoms with Crippen LogP contribution in [-0.2, 0) is 0 Å². The largest absolute Gasteiger partial charge is 0.359 e. The Morgan fingerprint density at radius 3 is 3.04 bits per heavy atom. The lowest BCUT2D eigenvalue weighted by atomic mass is 9.92. The van der Waals surface area contributed by atoms with Gasteiger partial charge < -0.3 is 4.90 Å². The first kappa shape index (κ1) is 16.5. The van der Waals surface area contributed by atoms with E-state index >= 15 is 0 Å². The minimum atomic E-state index is -0.920. The Hall–Kier alpha value is -1.39. The highest BCUT2D eigenvalue weighted by Crippen LogP contribution is 2.32. The highest BCUT2D eigenvalue weighted by Gasteiger charge is 2.34. The number of rotatable bonds is 6. The minimum absolute atomic E-state index is 0.173. The summed E-state index contributed by atoms with van der Waals surface area (Å²) >= 11 is 6.18. The second-order valence-electron chi connectivity index (χ2n) is 6.20. The fraction of sp³-hybridized carbons (Fsp3) is 0.500. The van der Waals surface area contributed by atoms with Gasteiger partial charge in [-0.25, -0.2) is 4.39 Å². The molecule has 0 spiro atoms. The summed E-state index contributed by atoms with van der Waals surface area (Å²) in [6.45, 7) is 1.82. The molecule has 0 amide bonds. The molecular weight excluding hydrogens is 313 g/mol. The van der Waals surface area contributed by atoms with E-state index in [0.717, 1.165) is 43.2 Å². The molecule has 1 saturated heterocycles. The maximum atomic E-state index is 13.8. The van der Waals surface area contributed by atoms with Gasteiger partial charge in [-0.15, -0.1) is 0 Å². The fourth-order valence-corrected chi connectivity index (χ4v) is 3.63. The number of nitrogens with zero attached hydrogens (tertiary/aromatic N) is 2. The standard InChI is InChI=1S/C18H23ClFN3/c19-17-9-3-6-12-23(17)11-5-2-8-16-14(13-18(20)22-16)15-7-1-4-10-21-15/h1,3-4,6-7,9-10,14,16,18,22H,2,5,8,11-13H2. The quantitative estimate of drug-likeness (QED) is 0.630. The molecule has 1 N–H and O–H groups in total. The van der Waals surface area contributed by atoms with Crippen LogP contribution in [0.4, 0.5) is 4.39 Å². The lowest BCUT2D eigenvalue weighted by Gasteiger charge is -2.25. The first-order chi connectivity index (χ1) is 11.2. The van der Waals surface area contributed by atoms with Crippen LogP contribution < -0.4 is 5.32 Å². The second kappa shape index (κ2) is 7.93. The first-order valence-corrected chi connectivity index (χ1v) is 8.70. The zero-order valence-electron chi connectivity index (χ0n) is 13.2. The van der Waals surface area contributed by atoms with E-state index in [2.05, 4.69) is 21.3 Å². The Morgan fingerprint density at radius 2 is 2.26 bits per heavy atom. The minimum Gasteiger partial charge on any atom is -0.359 e. The SMILES string of the molecule is FC1CC(c2ccccn2)C(CCCCN2CC=CC=C2Cl)N1. The first-order valence-electron chi connectivity index (χ1n) is 8.32. The van der Waals surface area contributed by atoms with E-state index in [0.29, 0.717) is 6.42 Å². The van der Waals surface area contributed by atoms with Gasteiger partial charge in [-0.3, -0.25) is 10.3 Å². The van der Waals surface area contributed by atoms with Crippen molar-refractivity contribution in [3.63, 3.8) is 0 Å². The summed E-state index contributed by atoms with van der Waals surface area (Å²) in [5, 5.41) is 3.89. The lowest BCUT2D eigenvalue weighted by Crippen LogP contribution is -2.29. The van der Waals surface area contributed by atoms with E-state index in [-0.39, 0.29) is 12.0 Å². The Balaban J connectivity index is 1.47. The molecule has 1 aromatic rings. The van der Waals surface area contributed by atoms with E-state index in [1.54, 1.807) is 6.20 Å². The summed E-state index contributed by atoms with van der Waals surface area (Å²) in [7, 11) is 0. The third-order valence-electron chi connectivity index (χ3n) is 4.60. The summed E-state index contributed by atoms with van der Waals surface area (Å²) < 4.78 is 13.8. The number of hydrogen-bond acceptors (Lipinski definition) is 3. The number of aromatic nitrogens is 1. The molecule has 0 bridgehead atoms. The third-order valence-corrected chi connectivity index (χ3v) is 4.97. The zero-order chi connectivity index (χ0) is 16.1. The molecule has 0 radical (unpaired) electrons. The van der Waals surface area contributed by atoms with Crippen molar-refractivity contribution in [3.8, 4) is 0 Å². The normalized spacial score (nSPS) is 27.3. The molecule has 3 rings (SSSR count). The zero-order valence-corrected chi connectivity index (χ0v) is 13.9. The smallest absolute Gasteiger partial charge is 0.152 e. The van der Waals surface area contributed by atoms with Crippen molar-refractivity contribution in [2.45, 2.75) is 43.9 Å². The van der Waals surface area contributed by atoms with Crippen molar-refractivity contribution < 1.29 is 4.39 Å². The van der Waals surface area contributed by atoms with Gasteiger partial charge in [0, 0.05) is 43.4 Å². The number of nitrogens with one attached hydrogen (secondary N) is 1. The molecule has 0 aromatic carbocycles. The molecule has 5 heteroatoms. The molecular formula is C18H23ClFN3. The van der Waals surface area contributed by atoms with E-state index in [9.17, 15) is 4.39 Å². The molecule has 0 aliphatic carbocycles. The van der Waals surface area contributed by atoms with E-state index in [1.165, 1.54) is 0 Å². The fourth-order valence-electron chi connectivity index (χ4n) is 3.40. The van der Waals surface area contributed by atoms with E-state index in [4.69, 9.17) is 11.6 Å². The number of alkyl halides is 1. The molecule has 2 aliphatic rings. The third kappa shape index (κ3) is 4.33. The van der Waals surface area contributed by atoms with Gasteiger partial charge in [0.1, 0.15) is 5.16 Å². The van der Waals surface area contributed by atoms with Gasteiger partial charge in [0.05, 0.1) is 0 Å². The van der Waals surface area contributed by atoms with Crippen LogP contribution in [0.5, 0.6) is 0 Å². The maximum absolute atomic E-state index is 13.8. The van der Waals surface area contributed by atoms with Crippen molar-refractivity contribution in [1.29, 1.82) is 0 Å². The molecule has 0 saturated carbocycles. The average Bonchev–Trinajstić information content (AvgIpc) is 2.95. The van der Waals surface area contributed by atoms with Crippen molar-refractivity contribution in [3.05, 3.63) is 53.5 Å². The topological polar surface area (TPSA) is 28.2 Å². The van der Waals surface area contributed by atoms with Gasteiger partial charge in [0.2, 0.25) is 0 Å². The van der Waals surface area contributed by atoms with Gasteiger partial charge in [0.15, 0.2) is 6.30 Å². The van der Waals surface area contributed by atoms with Crippen molar-refractivity contribution in [2.24, 2.45) is 0 Å². The Morgan fingerprint density at radius 1 is 1.35 bits per heavy atom. The predicted octanol–water partition coefficient (Wildman–Crippen LogP) is 3.95. The number of hydrogen-bond donors (Lipinski definition) is 1. The molecule has 3 unspecified atom stereocenters. The Labute approximate surface area is 142 Å². The van der Waals surface area contributed by atoms with E-state index < -0.39 is 6.30 Å². The van der Waals surface area contributed by atoms with Crippen molar-refractivity contribution in [1.82, 2.24) is 15.2 Å². The van der Waals surface area contributed by atoms with Gasteiger partial charge >= 0.3 is 0 Å². The molecule has 2 aliphatic heterocycles. The Bertz CT molecular complexity index is 561. The number of pyridine rings is 1. The molecule has 23 heavy (non-hydrogen) atoms. The van der Waals surface area contributed by atoms with Gasteiger partial charge in [-0.2, -0.15) is 0 Å². The molecule has 1 aromatic heterocycles. The van der Waals surface area contributed by atoms with Gasteiger partial charge in [0.25, 0.3) is 0 Å². The molecule has 3 heterocycles. The highest BCUT2D eigenvalue weighted by molar-refractivity contribution is 6.29. The predicted molar refractivity (Wildman–Crippen MR) is 91.9 cm³/mol. The van der Waals surface area contributed by atoms with E-state index in [1.807, 2.05) is 30.4 Å². The van der Waals surface area contributed by atoms with Crippen LogP contribution in [0.25, 0.3) is 0 Å². The van der Waals surface area contributed by atoms with Gasteiger partial charge in [-0.1, -0.05) is 36.2 Å². The molecule has 124 valence electrons. The summed E-state index contributed by atoms with van der Waals surface area (Å²) in [6, 6.07) is 6.05. The number of allylic oxidation sites excluding steroid dienone is 2. The summed E-state index contributed by atoms with van der Waals surface area (Å²) in [5.74, 6) is 0.174. The second-order valence-corrected chi connectivity index (χ2v) is 6.58. The average molecular weight is 336 g/mol. The molecule has 3 nitrogen and oxygen atoms in total.